The number of rotatable bonds is 8. The third kappa shape index (κ3) is 6.65. The number of nitrogens with zero attached hydrogens (tertiary/aromatic N) is 1. The molecule has 0 spiro atoms. The molecule has 1 fully saturated rings. The van der Waals surface area contributed by atoms with Crippen LogP contribution in [-0.2, 0) is 4.79 Å². The molecule has 1 aromatic rings. The zero-order valence-corrected chi connectivity index (χ0v) is 17.1. The number of benzene rings is 1. The van der Waals surface area contributed by atoms with Gasteiger partial charge in [-0.1, -0.05) is 32.8 Å². The Hall–Kier alpha value is -1.88. The lowest BCUT2D eigenvalue weighted by Gasteiger charge is -2.35. The molecule has 0 radical (unpaired) electrons. The number of hydrogen-bond acceptors (Lipinski definition) is 3. The number of piperidine rings is 1. The molecule has 3 N–H and O–H groups in total. The van der Waals surface area contributed by atoms with Gasteiger partial charge in [-0.2, -0.15) is 0 Å². The van der Waals surface area contributed by atoms with Gasteiger partial charge in [0.15, 0.2) is 0 Å². The van der Waals surface area contributed by atoms with Crippen LogP contribution in [0.1, 0.15) is 68.3 Å². The molecular formula is C22H35N3O2. The quantitative estimate of drug-likeness (QED) is 0.677. The maximum atomic E-state index is 12.9. The van der Waals surface area contributed by atoms with E-state index in [0.29, 0.717) is 30.4 Å². The average Bonchev–Trinajstić information content (AvgIpc) is 2.62. The first kappa shape index (κ1) is 21.4. The van der Waals surface area contributed by atoms with Gasteiger partial charge in [0.2, 0.25) is 5.91 Å². The molecule has 0 aromatic heterocycles. The maximum absolute atomic E-state index is 12.9. The third-order valence-electron chi connectivity index (χ3n) is 5.27. The lowest BCUT2D eigenvalue weighted by molar-refractivity contribution is -0.116. The Morgan fingerprint density at radius 3 is 2.44 bits per heavy atom. The van der Waals surface area contributed by atoms with Crippen LogP contribution in [0.2, 0.25) is 0 Å². The largest absolute Gasteiger partial charge is 0.338 e. The van der Waals surface area contributed by atoms with Gasteiger partial charge < -0.3 is 16.0 Å². The molecule has 150 valence electrons. The van der Waals surface area contributed by atoms with Crippen molar-refractivity contribution in [3.63, 3.8) is 0 Å². The van der Waals surface area contributed by atoms with E-state index < -0.39 is 0 Å². The molecule has 27 heavy (non-hydrogen) atoms. The number of carbonyl (C=O) groups excluding carboxylic acids is 2. The number of unbranched alkanes of at least 4 members (excludes halogenated alkanes) is 3. The molecule has 2 rings (SSSR count). The minimum absolute atomic E-state index is 0.00987. The lowest BCUT2D eigenvalue weighted by atomic mass is 9.91. The van der Waals surface area contributed by atoms with Gasteiger partial charge in [0.1, 0.15) is 0 Å². The fourth-order valence-electron chi connectivity index (χ4n) is 3.90. The Morgan fingerprint density at radius 2 is 1.78 bits per heavy atom. The van der Waals surface area contributed by atoms with Crippen molar-refractivity contribution in [3.8, 4) is 0 Å². The molecule has 0 bridgehead atoms. The van der Waals surface area contributed by atoms with Crippen LogP contribution in [0.15, 0.2) is 18.2 Å². The first-order valence-electron chi connectivity index (χ1n) is 10.3. The minimum Gasteiger partial charge on any atom is -0.338 e. The number of aryl methyl sites for hydroxylation is 1. The van der Waals surface area contributed by atoms with Gasteiger partial charge in [-0.15, -0.1) is 0 Å². The second-order valence-electron chi connectivity index (χ2n) is 8.19. The number of carbonyl (C=O) groups is 2. The molecular weight excluding hydrogens is 338 g/mol. The summed E-state index contributed by atoms with van der Waals surface area (Å²) in [5.74, 6) is 1.13. The number of likely N-dealkylation sites (tertiary alicyclic amines) is 1. The second-order valence-corrected chi connectivity index (χ2v) is 8.19. The van der Waals surface area contributed by atoms with E-state index in [1.54, 1.807) is 0 Å². The highest BCUT2D eigenvalue weighted by atomic mass is 16.2. The van der Waals surface area contributed by atoms with Gasteiger partial charge in [-0.25, -0.2) is 0 Å². The Bertz CT molecular complexity index is 634. The molecule has 1 aliphatic rings. The van der Waals surface area contributed by atoms with E-state index >= 15 is 0 Å². The van der Waals surface area contributed by atoms with Crippen LogP contribution in [0.25, 0.3) is 0 Å². The summed E-state index contributed by atoms with van der Waals surface area (Å²) in [4.78, 5) is 27.1. The van der Waals surface area contributed by atoms with Crippen LogP contribution in [-0.4, -0.2) is 36.3 Å². The van der Waals surface area contributed by atoms with Crippen molar-refractivity contribution in [1.29, 1.82) is 0 Å². The molecule has 1 aromatic carbocycles. The van der Waals surface area contributed by atoms with E-state index in [-0.39, 0.29) is 11.8 Å². The Balaban J connectivity index is 1.96. The SMILES string of the molecule is Cc1ccc(C(=O)N2CC(C)CC(C)C2)cc1NC(=O)CCCCCCN. The second kappa shape index (κ2) is 10.5. The molecule has 2 amide bonds. The summed E-state index contributed by atoms with van der Waals surface area (Å²) in [7, 11) is 0. The van der Waals surface area contributed by atoms with Crippen LogP contribution < -0.4 is 11.1 Å². The predicted octanol–water partition coefficient (Wildman–Crippen LogP) is 3.96. The van der Waals surface area contributed by atoms with Gasteiger partial charge in [-0.3, -0.25) is 9.59 Å². The molecule has 2 atom stereocenters. The number of amides is 2. The van der Waals surface area contributed by atoms with Crippen LogP contribution >= 0.6 is 0 Å². The fourth-order valence-corrected chi connectivity index (χ4v) is 3.90. The Labute approximate surface area is 163 Å². The molecule has 0 saturated carbocycles. The first-order chi connectivity index (χ1) is 12.9. The molecule has 5 nitrogen and oxygen atoms in total. The smallest absolute Gasteiger partial charge is 0.253 e. The Kier molecular flexibility index (Phi) is 8.29. The van der Waals surface area contributed by atoms with Crippen molar-refractivity contribution in [2.45, 2.75) is 59.3 Å². The minimum atomic E-state index is 0.00987. The molecule has 2 unspecified atom stereocenters. The van der Waals surface area contributed by atoms with Crippen molar-refractivity contribution in [2.24, 2.45) is 17.6 Å². The number of nitrogens with one attached hydrogen (secondary N) is 1. The zero-order chi connectivity index (χ0) is 19.8. The standard InChI is InChI=1S/C22H35N3O2/c1-16-12-17(2)15-25(14-16)22(27)19-10-9-18(3)20(13-19)24-21(26)8-6-4-5-7-11-23/h9-10,13,16-17H,4-8,11-12,14-15,23H2,1-3H3,(H,24,26). The highest BCUT2D eigenvalue weighted by Crippen LogP contribution is 2.24. The van der Waals surface area contributed by atoms with Crippen LogP contribution in [0.4, 0.5) is 5.69 Å². The van der Waals surface area contributed by atoms with Crippen LogP contribution in [0.5, 0.6) is 0 Å². The van der Waals surface area contributed by atoms with Crippen molar-refractivity contribution >= 4 is 17.5 Å². The molecule has 5 heteroatoms. The van der Waals surface area contributed by atoms with Crippen molar-refractivity contribution in [1.82, 2.24) is 4.90 Å². The van der Waals surface area contributed by atoms with Gasteiger partial charge in [0.25, 0.3) is 5.91 Å². The summed E-state index contributed by atoms with van der Waals surface area (Å²) in [5, 5.41) is 2.98. The van der Waals surface area contributed by atoms with E-state index in [4.69, 9.17) is 5.73 Å². The van der Waals surface area contributed by atoms with Gasteiger partial charge in [0, 0.05) is 30.8 Å². The summed E-state index contributed by atoms with van der Waals surface area (Å²) in [6, 6.07) is 5.61. The van der Waals surface area contributed by atoms with E-state index in [9.17, 15) is 9.59 Å². The summed E-state index contributed by atoms with van der Waals surface area (Å²) in [6.45, 7) is 8.68. The highest BCUT2D eigenvalue weighted by Gasteiger charge is 2.26. The lowest BCUT2D eigenvalue weighted by Crippen LogP contribution is -2.42. The summed E-state index contributed by atoms with van der Waals surface area (Å²) < 4.78 is 0. The summed E-state index contributed by atoms with van der Waals surface area (Å²) in [6.07, 6.45) is 5.65. The van der Waals surface area contributed by atoms with E-state index in [2.05, 4.69) is 19.2 Å². The van der Waals surface area contributed by atoms with E-state index in [1.807, 2.05) is 30.0 Å². The highest BCUT2D eigenvalue weighted by molar-refractivity contribution is 5.97. The zero-order valence-electron chi connectivity index (χ0n) is 17.1. The van der Waals surface area contributed by atoms with E-state index in [1.165, 1.54) is 6.42 Å². The number of nitrogens with two attached hydrogens (primary N) is 1. The van der Waals surface area contributed by atoms with Crippen molar-refractivity contribution in [3.05, 3.63) is 29.3 Å². The molecule has 1 heterocycles. The monoisotopic (exact) mass is 373 g/mol. The topological polar surface area (TPSA) is 75.4 Å². The third-order valence-corrected chi connectivity index (χ3v) is 5.27. The maximum Gasteiger partial charge on any atom is 0.253 e. The van der Waals surface area contributed by atoms with Crippen LogP contribution in [0, 0.1) is 18.8 Å². The fraction of sp³-hybridized carbons (Fsp3) is 0.636. The van der Waals surface area contributed by atoms with E-state index in [0.717, 1.165) is 50.0 Å². The van der Waals surface area contributed by atoms with Crippen LogP contribution in [0.3, 0.4) is 0 Å². The van der Waals surface area contributed by atoms with Crippen molar-refractivity contribution in [2.75, 3.05) is 25.0 Å². The van der Waals surface area contributed by atoms with Crippen molar-refractivity contribution < 1.29 is 9.59 Å². The van der Waals surface area contributed by atoms with Gasteiger partial charge in [0.05, 0.1) is 0 Å². The molecule has 1 saturated heterocycles. The number of anilines is 1. The number of hydrogen-bond donors (Lipinski definition) is 2. The summed E-state index contributed by atoms with van der Waals surface area (Å²) >= 11 is 0. The van der Waals surface area contributed by atoms with Gasteiger partial charge >= 0.3 is 0 Å². The van der Waals surface area contributed by atoms with Gasteiger partial charge in [-0.05, 0) is 62.3 Å². The normalized spacial score (nSPS) is 19.8. The summed E-state index contributed by atoms with van der Waals surface area (Å²) in [5.41, 5.74) is 7.86. The first-order valence-corrected chi connectivity index (χ1v) is 10.3. The molecule has 0 aliphatic carbocycles. The Morgan fingerprint density at radius 1 is 1.11 bits per heavy atom. The average molecular weight is 374 g/mol. The predicted molar refractivity (Wildman–Crippen MR) is 111 cm³/mol. The molecule has 1 aliphatic heterocycles.